The van der Waals surface area contributed by atoms with E-state index >= 15 is 0 Å². The number of nitrogens with one attached hydrogen (secondary N) is 1. The fraction of sp³-hybridized carbons (Fsp3) is 0.310. The average Bonchev–Trinajstić information content (AvgIpc) is 3.38. The highest BCUT2D eigenvalue weighted by Gasteiger charge is 2.39. The van der Waals surface area contributed by atoms with Crippen molar-refractivity contribution in [1.29, 1.82) is 0 Å². The van der Waals surface area contributed by atoms with E-state index in [1.807, 2.05) is 104 Å². The molecule has 0 bridgehead atoms. The van der Waals surface area contributed by atoms with Crippen LogP contribution in [0.3, 0.4) is 0 Å². The number of nitrogens with two attached hydrogens (primary N) is 1. The normalized spacial score (nSPS) is 16.2. The Hall–Kier alpha value is -3.64. The Balaban J connectivity index is 1.46. The summed E-state index contributed by atoms with van der Waals surface area (Å²) < 4.78 is 0. The van der Waals surface area contributed by atoms with Crippen molar-refractivity contribution in [2.45, 2.75) is 37.4 Å². The smallest absolute Gasteiger partial charge is 0.243 e. The maximum atomic E-state index is 13.6. The molecule has 1 heterocycles. The zero-order valence-corrected chi connectivity index (χ0v) is 20.4. The van der Waals surface area contributed by atoms with E-state index in [0.29, 0.717) is 19.5 Å². The molecule has 0 spiro atoms. The quantitative estimate of drug-likeness (QED) is 0.528. The molecule has 4 rings (SSSR count). The predicted molar refractivity (Wildman–Crippen MR) is 140 cm³/mol. The van der Waals surface area contributed by atoms with E-state index in [1.54, 1.807) is 4.90 Å². The second kappa shape index (κ2) is 11.2. The number of amides is 2. The van der Waals surface area contributed by atoms with Crippen molar-refractivity contribution < 1.29 is 9.59 Å². The lowest BCUT2D eigenvalue weighted by Gasteiger charge is -2.31. The van der Waals surface area contributed by atoms with Crippen LogP contribution < -0.4 is 16.0 Å². The minimum absolute atomic E-state index is 0.129. The van der Waals surface area contributed by atoms with Gasteiger partial charge in [0, 0.05) is 38.8 Å². The number of anilines is 1. The zero-order valence-electron chi connectivity index (χ0n) is 20.4. The van der Waals surface area contributed by atoms with Gasteiger partial charge in [0.2, 0.25) is 11.8 Å². The summed E-state index contributed by atoms with van der Waals surface area (Å²) in [6.45, 7) is 0.965. The minimum Gasteiger partial charge on any atom is -0.378 e. The molecule has 1 unspecified atom stereocenters. The van der Waals surface area contributed by atoms with Gasteiger partial charge in [-0.25, -0.2) is 0 Å². The van der Waals surface area contributed by atoms with E-state index in [-0.39, 0.29) is 17.7 Å². The van der Waals surface area contributed by atoms with Gasteiger partial charge in [0.15, 0.2) is 0 Å². The number of nitrogens with zero attached hydrogens (tertiary/aromatic N) is 2. The Kier molecular flexibility index (Phi) is 7.83. The van der Waals surface area contributed by atoms with E-state index in [2.05, 4.69) is 5.32 Å². The molecule has 35 heavy (non-hydrogen) atoms. The molecule has 2 amide bonds. The van der Waals surface area contributed by atoms with Crippen LogP contribution in [-0.4, -0.2) is 49.4 Å². The van der Waals surface area contributed by atoms with Gasteiger partial charge < -0.3 is 20.9 Å². The Labute approximate surface area is 207 Å². The van der Waals surface area contributed by atoms with Gasteiger partial charge in [0.1, 0.15) is 6.04 Å². The van der Waals surface area contributed by atoms with Crippen LogP contribution in [-0.2, 0) is 16.1 Å². The second-order valence-corrected chi connectivity index (χ2v) is 9.29. The maximum absolute atomic E-state index is 13.6. The van der Waals surface area contributed by atoms with Crippen molar-refractivity contribution in [2.24, 2.45) is 5.73 Å². The van der Waals surface area contributed by atoms with Crippen LogP contribution in [0.2, 0.25) is 0 Å². The van der Waals surface area contributed by atoms with E-state index in [0.717, 1.165) is 28.8 Å². The lowest BCUT2D eigenvalue weighted by atomic mass is 9.84. The highest BCUT2D eigenvalue weighted by molar-refractivity contribution is 5.91. The van der Waals surface area contributed by atoms with E-state index < -0.39 is 12.1 Å². The number of hydrogen-bond donors (Lipinski definition) is 2. The van der Waals surface area contributed by atoms with Crippen molar-refractivity contribution in [1.82, 2.24) is 10.2 Å². The predicted octanol–water partition coefficient (Wildman–Crippen LogP) is 3.52. The highest BCUT2D eigenvalue weighted by Crippen LogP contribution is 2.30. The third kappa shape index (κ3) is 5.72. The fourth-order valence-corrected chi connectivity index (χ4v) is 4.78. The summed E-state index contributed by atoms with van der Waals surface area (Å²) in [5.74, 6) is -0.601. The van der Waals surface area contributed by atoms with Crippen LogP contribution in [0.25, 0.3) is 0 Å². The first-order chi connectivity index (χ1) is 17.0. The maximum Gasteiger partial charge on any atom is 0.243 e. The van der Waals surface area contributed by atoms with Gasteiger partial charge in [0.05, 0.1) is 6.04 Å². The molecule has 1 saturated heterocycles. The summed E-state index contributed by atoms with van der Waals surface area (Å²) in [5, 5.41) is 3.02. The SMILES string of the molecule is CN(C)c1ccc(CNC(=O)C2CCCN2C(=O)[C@H](N)C(c2ccccc2)c2ccccc2)cc1. The Bertz CT molecular complexity index is 1080. The number of carbonyl (C=O) groups excluding carboxylic acids is 2. The number of benzene rings is 3. The molecule has 6 heteroatoms. The number of hydrogen-bond acceptors (Lipinski definition) is 4. The van der Waals surface area contributed by atoms with Crippen LogP contribution in [0.5, 0.6) is 0 Å². The molecule has 3 aromatic carbocycles. The molecule has 6 nitrogen and oxygen atoms in total. The molecular formula is C29H34N4O2. The van der Waals surface area contributed by atoms with Crippen LogP contribution >= 0.6 is 0 Å². The first-order valence-corrected chi connectivity index (χ1v) is 12.2. The molecule has 0 aliphatic carbocycles. The van der Waals surface area contributed by atoms with Crippen LogP contribution in [0, 0.1) is 0 Å². The molecule has 1 aliphatic rings. The molecule has 182 valence electrons. The van der Waals surface area contributed by atoms with E-state index in [9.17, 15) is 9.59 Å². The van der Waals surface area contributed by atoms with Gasteiger partial charge in [-0.2, -0.15) is 0 Å². The van der Waals surface area contributed by atoms with Crippen LogP contribution in [0.1, 0.15) is 35.4 Å². The third-order valence-electron chi connectivity index (χ3n) is 6.72. The number of carbonyl (C=O) groups is 2. The minimum atomic E-state index is -0.785. The summed E-state index contributed by atoms with van der Waals surface area (Å²) in [5.41, 5.74) is 10.7. The Morgan fingerprint density at radius 3 is 2.06 bits per heavy atom. The van der Waals surface area contributed by atoms with Gasteiger partial charge >= 0.3 is 0 Å². The van der Waals surface area contributed by atoms with Gasteiger partial charge in [-0.3, -0.25) is 9.59 Å². The average molecular weight is 471 g/mol. The standard InChI is InChI=1S/C29H34N4O2/c1-32(2)24-17-15-21(16-18-24)20-31-28(34)25-14-9-19-33(25)29(35)27(30)26(22-10-5-3-6-11-22)23-12-7-4-8-13-23/h3-8,10-13,15-18,25-27H,9,14,19-20,30H2,1-2H3,(H,31,34)/t25?,27-/m1/s1. The van der Waals surface area contributed by atoms with Crippen molar-refractivity contribution >= 4 is 17.5 Å². The molecule has 3 N–H and O–H groups in total. The summed E-state index contributed by atoms with van der Waals surface area (Å²) in [6, 6.07) is 26.5. The highest BCUT2D eigenvalue weighted by atomic mass is 16.2. The van der Waals surface area contributed by atoms with E-state index in [4.69, 9.17) is 5.73 Å². The fourth-order valence-electron chi connectivity index (χ4n) is 4.78. The van der Waals surface area contributed by atoms with Gasteiger partial charge in [-0.15, -0.1) is 0 Å². The number of rotatable bonds is 8. The molecule has 0 saturated carbocycles. The zero-order chi connectivity index (χ0) is 24.8. The third-order valence-corrected chi connectivity index (χ3v) is 6.72. The van der Waals surface area contributed by atoms with E-state index in [1.165, 1.54) is 0 Å². The second-order valence-electron chi connectivity index (χ2n) is 9.29. The summed E-state index contributed by atoms with van der Waals surface area (Å²) in [7, 11) is 3.99. The van der Waals surface area contributed by atoms with Crippen LogP contribution in [0.4, 0.5) is 5.69 Å². The molecule has 1 aliphatic heterocycles. The molecule has 0 aromatic heterocycles. The molecule has 1 fully saturated rings. The molecule has 3 aromatic rings. The van der Waals surface area contributed by atoms with Crippen LogP contribution in [0.15, 0.2) is 84.9 Å². The topological polar surface area (TPSA) is 78.7 Å². The first-order valence-electron chi connectivity index (χ1n) is 12.2. The largest absolute Gasteiger partial charge is 0.378 e. The van der Waals surface area contributed by atoms with Crippen molar-refractivity contribution in [2.75, 3.05) is 25.5 Å². The first kappa shape index (κ1) is 24.5. The van der Waals surface area contributed by atoms with Crippen molar-refractivity contribution in [3.05, 3.63) is 102 Å². The molecule has 0 radical (unpaired) electrons. The van der Waals surface area contributed by atoms with Crippen molar-refractivity contribution in [3.63, 3.8) is 0 Å². The summed E-state index contributed by atoms with van der Waals surface area (Å²) in [6.07, 6.45) is 1.43. The summed E-state index contributed by atoms with van der Waals surface area (Å²) >= 11 is 0. The van der Waals surface area contributed by atoms with Gasteiger partial charge in [-0.05, 0) is 41.7 Å². The van der Waals surface area contributed by atoms with Gasteiger partial charge in [-0.1, -0.05) is 72.8 Å². The Morgan fingerprint density at radius 1 is 0.943 bits per heavy atom. The van der Waals surface area contributed by atoms with Crippen molar-refractivity contribution in [3.8, 4) is 0 Å². The Morgan fingerprint density at radius 2 is 1.51 bits per heavy atom. The van der Waals surface area contributed by atoms with Gasteiger partial charge in [0.25, 0.3) is 0 Å². The monoisotopic (exact) mass is 470 g/mol. The lowest BCUT2D eigenvalue weighted by Crippen LogP contribution is -2.52. The molecule has 2 atom stereocenters. The number of likely N-dealkylation sites (tertiary alicyclic amines) is 1. The lowest BCUT2D eigenvalue weighted by molar-refractivity contribution is -0.139. The summed E-state index contributed by atoms with van der Waals surface area (Å²) in [4.78, 5) is 30.4. The molecular weight excluding hydrogens is 436 g/mol.